The number of para-hydroxylation sites is 1. The molecule has 0 bridgehead atoms. The number of rotatable bonds is 8. The molecule has 2 aromatic carbocycles. The van der Waals surface area contributed by atoms with E-state index in [1.165, 1.54) is 56.9 Å². The zero-order valence-corrected chi connectivity index (χ0v) is 23.0. The highest BCUT2D eigenvalue weighted by Crippen LogP contribution is 2.45. The summed E-state index contributed by atoms with van der Waals surface area (Å²) in [5, 5.41) is 3.07. The maximum atomic E-state index is 13.8. The molecular formula is C33H43N3O2. The Balaban J connectivity index is 1.25. The third kappa shape index (κ3) is 6.20. The summed E-state index contributed by atoms with van der Waals surface area (Å²) in [5.41, 5.74) is 4.93. The van der Waals surface area contributed by atoms with Gasteiger partial charge >= 0.3 is 0 Å². The van der Waals surface area contributed by atoms with Crippen molar-refractivity contribution in [1.82, 2.24) is 10.2 Å². The van der Waals surface area contributed by atoms with Crippen molar-refractivity contribution >= 4 is 17.5 Å². The monoisotopic (exact) mass is 513 g/mol. The SMILES string of the molecule is C/C=C1\C(=O)N(Cc2ccc(C(=O)NCCN3CCCCC3)cc2)c2ccccc2C1CC1CCCCC1. The number of fused-ring (bicyclic) bond motifs is 1. The van der Waals surface area contributed by atoms with Gasteiger partial charge in [0.15, 0.2) is 0 Å². The van der Waals surface area contributed by atoms with Gasteiger partial charge in [-0.3, -0.25) is 9.59 Å². The quantitative estimate of drug-likeness (QED) is 0.413. The molecule has 2 aliphatic heterocycles. The highest BCUT2D eigenvalue weighted by atomic mass is 16.2. The predicted molar refractivity (Wildman–Crippen MR) is 154 cm³/mol. The zero-order valence-electron chi connectivity index (χ0n) is 23.0. The van der Waals surface area contributed by atoms with Gasteiger partial charge in [-0.1, -0.05) is 74.9 Å². The molecule has 1 atom stereocenters. The molecule has 1 saturated heterocycles. The number of carbonyl (C=O) groups excluding carboxylic acids is 2. The number of nitrogens with zero attached hydrogens (tertiary/aromatic N) is 2. The molecule has 202 valence electrons. The minimum absolute atomic E-state index is 0.0327. The highest BCUT2D eigenvalue weighted by molar-refractivity contribution is 6.09. The molecule has 5 heteroatoms. The van der Waals surface area contributed by atoms with Crippen molar-refractivity contribution < 1.29 is 9.59 Å². The van der Waals surface area contributed by atoms with Crippen molar-refractivity contribution in [2.75, 3.05) is 31.1 Å². The van der Waals surface area contributed by atoms with Crippen LogP contribution in [-0.2, 0) is 11.3 Å². The van der Waals surface area contributed by atoms with Gasteiger partial charge in [-0.2, -0.15) is 0 Å². The molecule has 0 spiro atoms. The average molecular weight is 514 g/mol. The normalized spacial score (nSPS) is 21.9. The van der Waals surface area contributed by atoms with E-state index in [2.05, 4.69) is 28.4 Å². The van der Waals surface area contributed by atoms with Gasteiger partial charge in [-0.05, 0) is 74.5 Å². The van der Waals surface area contributed by atoms with Gasteiger partial charge in [0.25, 0.3) is 11.8 Å². The Kier molecular flexibility index (Phi) is 8.95. The largest absolute Gasteiger partial charge is 0.351 e. The summed E-state index contributed by atoms with van der Waals surface area (Å²) >= 11 is 0. The van der Waals surface area contributed by atoms with Crippen LogP contribution >= 0.6 is 0 Å². The molecule has 1 N–H and O–H groups in total. The summed E-state index contributed by atoms with van der Waals surface area (Å²) in [7, 11) is 0. The number of hydrogen-bond donors (Lipinski definition) is 1. The van der Waals surface area contributed by atoms with E-state index >= 15 is 0 Å². The van der Waals surface area contributed by atoms with Crippen molar-refractivity contribution in [3.8, 4) is 0 Å². The van der Waals surface area contributed by atoms with Crippen LogP contribution in [0.2, 0.25) is 0 Å². The van der Waals surface area contributed by atoms with E-state index in [1.807, 2.05) is 48.2 Å². The number of hydrogen-bond acceptors (Lipinski definition) is 3. The molecule has 3 aliphatic rings. The minimum Gasteiger partial charge on any atom is -0.351 e. The molecule has 5 rings (SSSR count). The number of piperidine rings is 1. The van der Waals surface area contributed by atoms with Crippen molar-refractivity contribution in [3.05, 3.63) is 76.9 Å². The Labute approximate surface area is 228 Å². The van der Waals surface area contributed by atoms with E-state index in [1.54, 1.807) is 0 Å². The Morgan fingerprint density at radius 3 is 2.39 bits per heavy atom. The lowest BCUT2D eigenvalue weighted by atomic mass is 9.75. The molecular weight excluding hydrogens is 470 g/mol. The second-order valence-electron chi connectivity index (χ2n) is 11.3. The Morgan fingerprint density at radius 2 is 1.66 bits per heavy atom. The summed E-state index contributed by atoms with van der Waals surface area (Å²) in [6.07, 6.45) is 13.5. The van der Waals surface area contributed by atoms with E-state index in [0.29, 0.717) is 24.6 Å². The molecule has 1 aliphatic carbocycles. The molecule has 2 fully saturated rings. The van der Waals surface area contributed by atoms with E-state index in [4.69, 9.17) is 0 Å². The van der Waals surface area contributed by atoms with Crippen LogP contribution in [0.15, 0.2) is 60.2 Å². The standard InChI is InChI=1S/C33H43N3O2/c1-2-28-30(23-25-11-5-3-6-12-25)29-13-7-8-14-31(29)36(33(28)38)24-26-15-17-27(18-16-26)32(37)34-19-22-35-20-9-4-10-21-35/h2,7-8,13-18,25,30H,3-6,9-12,19-24H2,1H3,(H,34,37)/b28-2-. The van der Waals surface area contributed by atoms with E-state index in [9.17, 15) is 9.59 Å². The molecule has 2 heterocycles. The number of carbonyl (C=O) groups is 2. The summed E-state index contributed by atoms with van der Waals surface area (Å²) < 4.78 is 0. The van der Waals surface area contributed by atoms with Gasteiger partial charge in [-0.25, -0.2) is 0 Å². The summed E-state index contributed by atoms with van der Waals surface area (Å²) in [5.74, 6) is 0.968. The fourth-order valence-electron chi connectivity index (χ4n) is 6.66. The maximum Gasteiger partial charge on any atom is 0.254 e. The third-order valence-corrected chi connectivity index (χ3v) is 8.79. The number of likely N-dealkylation sites (tertiary alicyclic amines) is 1. The number of anilines is 1. The fourth-order valence-corrected chi connectivity index (χ4v) is 6.66. The number of benzene rings is 2. The topological polar surface area (TPSA) is 52.7 Å². The van der Waals surface area contributed by atoms with Crippen LogP contribution in [0, 0.1) is 5.92 Å². The summed E-state index contributed by atoms with van der Waals surface area (Å²) in [6, 6.07) is 16.2. The first kappa shape index (κ1) is 26.7. The fraction of sp³-hybridized carbons (Fsp3) is 0.515. The van der Waals surface area contributed by atoms with E-state index < -0.39 is 0 Å². The molecule has 0 aromatic heterocycles. The van der Waals surface area contributed by atoms with Gasteiger partial charge in [0, 0.05) is 35.8 Å². The molecule has 1 saturated carbocycles. The first-order valence-corrected chi connectivity index (χ1v) is 14.8. The average Bonchev–Trinajstić information content (AvgIpc) is 2.96. The number of allylic oxidation sites excluding steroid dienone is 1. The molecule has 0 radical (unpaired) electrons. The minimum atomic E-state index is -0.0327. The zero-order chi connectivity index (χ0) is 26.3. The van der Waals surface area contributed by atoms with E-state index in [0.717, 1.165) is 42.9 Å². The van der Waals surface area contributed by atoms with Crippen LogP contribution in [0.5, 0.6) is 0 Å². The van der Waals surface area contributed by atoms with Crippen molar-refractivity contribution in [3.63, 3.8) is 0 Å². The van der Waals surface area contributed by atoms with Crippen LogP contribution in [0.1, 0.15) is 92.1 Å². The first-order chi connectivity index (χ1) is 18.6. The smallest absolute Gasteiger partial charge is 0.254 e. The Morgan fingerprint density at radius 1 is 0.947 bits per heavy atom. The van der Waals surface area contributed by atoms with Gasteiger partial charge in [0.05, 0.1) is 6.54 Å². The van der Waals surface area contributed by atoms with E-state index in [-0.39, 0.29) is 17.7 Å². The molecule has 5 nitrogen and oxygen atoms in total. The molecule has 2 amide bonds. The lowest BCUT2D eigenvalue weighted by molar-refractivity contribution is -0.115. The molecule has 2 aromatic rings. The lowest BCUT2D eigenvalue weighted by Gasteiger charge is -2.38. The first-order valence-electron chi connectivity index (χ1n) is 14.8. The predicted octanol–water partition coefficient (Wildman–Crippen LogP) is 6.45. The van der Waals surface area contributed by atoms with Crippen LogP contribution in [-0.4, -0.2) is 42.9 Å². The van der Waals surface area contributed by atoms with Gasteiger partial charge in [0.1, 0.15) is 0 Å². The van der Waals surface area contributed by atoms with Crippen molar-refractivity contribution in [1.29, 1.82) is 0 Å². The van der Waals surface area contributed by atoms with Crippen LogP contribution in [0.4, 0.5) is 5.69 Å². The Bertz CT molecular complexity index is 1130. The van der Waals surface area contributed by atoms with Gasteiger partial charge in [0.2, 0.25) is 0 Å². The van der Waals surface area contributed by atoms with Crippen molar-refractivity contribution in [2.24, 2.45) is 5.92 Å². The highest BCUT2D eigenvalue weighted by Gasteiger charge is 2.36. The molecule has 38 heavy (non-hydrogen) atoms. The number of amides is 2. The lowest BCUT2D eigenvalue weighted by Crippen LogP contribution is -2.38. The maximum absolute atomic E-state index is 13.8. The van der Waals surface area contributed by atoms with Gasteiger partial charge < -0.3 is 15.1 Å². The van der Waals surface area contributed by atoms with Gasteiger partial charge in [-0.15, -0.1) is 0 Å². The summed E-state index contributed by atoms with van der Waals surface area (Å²) in [6.45, 7) is 6.37. The second kappa shape index (κ2) is 12.8. The van der Waals surface area contributed by atoms with Crippen LogP contribution < -0.4 is 10.2 Å². The summed E-state index contributed by atoms with van der Waals surface area (Å²) in [4.78, 5) is 30.8. The Hall–Kier alpha value is -2.92. The second-order valence-corrected chi connectivity index (χ2v) is 11.3. The van der Waals surface area contributed by atoms with Crippen molar-refractivity contribution in [2.45, 2.75) is 77.2 Å². The third-order valence-electron chi connectivity index (χ3n) is 8.79. The van der Waals surface area contributed by atoms with Crippen LogP contribution in [0.3, 0.4) is 0 Å². The molecule has 1 unspecified atom stereocenters. The number of nitrogens with one attached hydrogen (secondary N) is 1. The van der Waals surface area contributed by atoms with Crippen LogP contribution in [0.25, 0.3) is 0 Å².